The molecule has 0 saturated carbocycles. The van der Waals surface area contributed by atoms with Crippen molar-refractivity contribution in [3.05, 3.63) is 53.3 Å². The molecule has 0 unspecified atom stereocenters. The smallest absolute Gasteiger partial charge is 0.229 e. The number of carbonyl (C=O) groups is 1. The average Bonchev–Trinajstić information content (AvgIpc) is 2.89. The maximum atomic E-state index is 12.9. The highest BCUT2D eigenvalue weighted by atomic mass is 16.2. The van der Waals surface area contributed by atoms with Gasteiger partial charge in [0, 0.05) is 19.8 Å². The van der Waals surface area contributed by atoms with Gasteiger partial charge in [-0.05, 0) is 37.0 Å². The standard InChI is InChI=1S/C19H27N3O/c1-14(2)13-22(16(4)18-9-7-6-8-15(18)3)19(23)12-17-10-11-21(5)20-17/h6-11,14,16H,12-13H2,1-5H3/t16-/m1/s1. The number of hydrogen-bond acceptors (Lipinski definition) is 2. The molecule has 1 aromatic carbocycles. The molecule has 1 atom stereocenters. The Labute approximate surface area is 139 Å². The van der Waals surface area contributed by atoms with E-state index in [4.69, 9.17) is 0 Å². The van der Waals surface area contributed by atoms with E-state index in [9.17, 15) is 4.79 Å². The summed E-state index contributed by atoms with van der Waals surface area (Å²) in [5.41, 5.74) is 3.25. The highest BCUT2D eigenvalue weighted by Gasteiger charge is 2.24. The first-order valence-electron chi connectivity index (χ1n) is 8.22. The van der Waals surface area contributed by atoms with Crippen LogP contribution >= 0.6 is 0 Å². The van der Waals surface area contributed by atoms with E-state index in [-0.39, 0.29) is 11.9 Å². The van der Waals surface area contributed by atoms with E-state index in [1.165, 1.54) is 11.1 Å². The minimum absolute atomic E-state index is 0.0646. The fraction of sp³-hybridized carbons (Fsp3) is 0.474. The molecule has 0 fully saturated rings. The van der Waals surface area contributed by atoms with Gasteiger partial charge in [0.25, 0.3) is 0 Å². The fourth-order valence-electron chi connectivity index (χ4n) is 2.91. The van der Waals surface area contributed by atoms with Crippen LogP contribution < -0.4 is 0 Å². The number of aryl methyl sites for hydroxylation is 2. The van der Waals surface area contributed by atoms with Crippen LogP contribution in [0.1, 0.15) is 43.6 Å². The van der Waals surface area contributed by atoms with Crippen LogP contribution in [0.4, 0.5) is 0 Å². The molecule has 2 aromatic rings. The van der Waals surface area contributed by atoms with Crippen LogP contribution in [0.15, 0.2) is 36.5 Å². The van der Waals surface area contributed by atoms with E-state index in [1.54, 1.807) is 4.68 Å². The first-order valence-corrected chi connectivity index (χ1v) is 8.22. The van der Waals surface area contributed by atoms with Gasteiger partial charge in [-0.25, -0.2) is 0 Å². The van der Waals surface area contributed by atoms with E-state index in [0.717, 1.165) is 12.2 Å². The molecule has 1 heterocycles. The molecule has 0 aliphatic heterocycles. The summed E-state index contributed by atoms with van der Waals surface area (Å²) in [6.07, 6.45) is 2.23. The van der Waals surface area contributed by atoms with E-state index in [1.807, 2.05) is 36.3 Å². The Morgan fingerprint density at radius 3 is 2.48 bits per heavy atom. The summed E-state index contributed by atoms with van der Waals surface area (Å²) in [7, 11) is 1.87. The van der Waals surface area contributed by atoms with Gasteiger partial charge < -0.3 is 4.90 Å². The zero-order valence-corrected chi connectivity index (χ0v) is 14.8. The minimum atomic E-state index is 0.0646. The molecule has 4 nitrogen and oxygen atoms in total. The predicted octanol–water partition coefficient (Wildman–Crippen LogP) is 3.52. The van der Waals surface area contributed by atoms with Gasteiger partial charge in [0.15, 0.2) is 0 Å². The summed E-state index contributed by atoms with van der Waals surface area (Å²) in [6.45, 7) is 9.25. The first-order chi connectivity index (χ1) is 10.9. The summed E-state index contributed by atoms with van der Waals surface area (Å²) < 4.78 is 1.74. The molecule has 0 bridgehead atoms. The number of benzene rings is 1. The van der Waals surface area contributed by atoms with Crippen molar-refractivity contribution in [1.82, 2.24) is 14.7 Å². The average molecular weight is 313 g/mol. The first kappa shape index (κ1) is 17.3. The van der Waals surface area contributed by atoms with E-state index in [0.29, 0.717) is 12.3 Å². The third kappa shape index (κ3) is 4.44. The molecule has 4 heteroatoms. The molecule has 23 heavy (non-hydrogen) atoms. The number of hydrogen-bond donors (Lipinski definition) is 0. The van der Waals surface area contributed by atoms with Crippen molar-refractivity contribution in [2.45, 2.75) is 40.2 Å². The van der Waals surface area contributed by atoms with Crippen LogP contribution in [0, 0.1) is 12.8 Å². The van der Waals surface area contributed by atoms with E-state index >= 15 is 0 Å². The van der Waals surface area contributed by atoms with Crippen LogP contribution in [0.25, 0.3) is 0 Å². The van der Waals surface area contributed by atoms with Gasteiger partial charge in [-0.2, -0.15) is 5.10 Å². The topological polar surface area (TPSA) is 38.1 Å². The van der Waals surface area contributed by atoms with Crippen LogP contribution in [0.5, 0.6) is 0 Å². The van der Waals surface area contributed by atoms with Gasteiger partial charge in [-0.15, -0.1) is 0 Å². The summed E-state index contributed by atoms with van der Waals surface area (Å²) in [5, 5.41) is 4.33. The maximum Gasteiger partial charge on any atom is 0.229 e. The summed E-state index contributed by atoms with van der Waals surface area (Å²) in [5.74, 6) is 0.558. The Morgan fingerprint density at radius 1 is 1.22 bits per heavy atom. The Kier molecular flexibility index (Phi) is 5.59. The lowest BCUT2D eigenvalue weighted by Crippen LogP contribution is -2.37. The van der Waals surface area contributed by atoms with Crippen molar-refractivity contribution >= 4 is 5.91 Å². The van der Waals surface area contributed by atoms with Crippen LogP contribution in [0.2, 0.25) is 0 Å². The van der Waals surface area contributed by atoms with Crippen molar-refractivity contribution in [3.8, 4) is 0 Å². The number of rotatable bonds is 6. The lowest BCUT2D eigenvalue weighted by Gasteiger charge is -2.32. The second-order valence-corrected chi connectivity index (χ2v) is 6.63. The van der Waals surface area contributed by atoms with Crippen molar-refractivity contribution in [1.29, 1.82) is 0 Å². The molecule has 0 N–H and O–H groups in total. The Bertz CT molecular complexity index is 660. The lowest BCUT2D eigenvalue weighted by molar-refractivity contribution is -0.133. The van der Waals surface area contributed by atoms with Gasteiger partial charge in [0.2, 0.25) is 5.91 Å². The zero-order valence-electron chi connectivity index (χ0n) is 14.8. The molecule has 2 rings (SSSR count). The predicted molar refractivity (Wildman–Crippen MR) is 93.1 cm³/mol. The van der Waals surface area contributed by atoms with Gasteiger partial charge in [0.1, 0.15) is 0 Å². The van der Waals surface area contributed by atoms with Gasteiger partial charge in [0.05, 0.1) is 18.2 Å². The summed E-state index contributed by atoms with van der Waals surface area (Å²) >= 11 is 0. The molecule has 0 radical (unpaired) electrons. The van der Waals surface area contributed by atoms with E-state index < -0.39 is 0 Å². The van der Waals surface area contributed by atoms with Crippen molar-refractivity contribution < 1.29 is 4.79 Å². The van der Waals surface area contributed by atoms with Crippen molar-refractivity contribution in [3.63, 3.8) is 0 Å². The maximum absolute atomic E-state index is 12.9. The number of carbonyl (C=O) groups excluding carboxylic acids is 1. The van der Waals surface area contributed by atoms with Crippen LogP contribution in [-0.2, 0) is 18.3 Å². The lowest BCUT2D eigenvalue weighted by atomic mass is 10.00. The molecular formula is C19H27N3O. The third-order valence-corrected chi connectivity index (χ3v) is 4.09. The largest absolute Gasteiger partial charge is 0.335 e. The molecule has 1 amide bonds. The van der Waals surface area contributed by atoms with Gasteiger partial charge in [-0.1, -0.05) is 38.1 Å². The summed E-state index contributed by atoms with van der Waals surface area (Å²) in [6, 6.07) is 10.3. The number of amides is 1. The van der Waals surface area contributed by atoms with E-state index in [2.05, 4.69) is 44.9 Å². The Balaban J connectivity index is 2.22. The SMILES string of the molecule is Cc1ccccc1[C@@H](C)N(CC(C)C)C(=O)Cc1ccn(C)n1. The zero-order chi connectivity index (χ0) is 17.0. The second kappa shape index (κ2) is 7.44. The molecule has 1 aromatic heterocycles. The van der Waals surface area contributed by atoms with Gasteiger partial charge in [-0.3, -0.25) is 9.48 Å². The van der Waals surface area contributed by atoms with Crippen LogP contribution in [-0.4, -0.2) is 27.1 Å². The van der Waals surface area contributed by atoms with Crippen LogP contribution in [0.3, 0.4) is 0 Å². The Morgan fingerprint density at radius 2 is 1.91 bits per heavy atom. The fourth-order valence-corrected chi connectivity index (χ4v) is 2.91. The number of nitrogens with zero attached hydrogens (tertiary/aromatic N) is 3. The second-order valence-electron chi connectivity index (χ2n) is 6.63. The van der Waals surface area contributed by atoms with Crippen molar-refractivity contribution in [2.75, 3.05) is 6.54 Å². The molecule has 0 spiro atoms. The minimum Gasteiger partial charge on any atom is -0.335 e. The van der Waals surface area contributed by atoms with Crippen molar-refractivity contribution in [2.24, 2.45) is 13.0 Å². The quantitative estimate of drug-likeness (QED) is 0.818. The highest BCUT2D eigenvalue weighted by Crippen LogP contribution is 2.25. The molecule has 124 valence electrons. The Hall–Kier alpha value is -2.10. The number of aromatic nitrogens is 2. The normalized spacial score (nSPS) is 12.4. The third-order valence-electron chi connectivity index (χ3n) is 4.09. The molecule has 0 saturated heterocycles. The van der Waals surface area contributed by atoms with Gasteiger partial charge >= 0.3 is 0 Å². The highest BCUT2D eigenvalue weighted by molar-refractivity contribution is 5.78. The molecular weight excluding hydrogens is 286 g/mol. The molecule has 0 aliphatic carbocycles. The monoisotopic (exact) mass is 313 g/mol. The summed E-state index contributed by atoms with van der Waals surface area (Å²) in [4.78, 5) is 14.8. The molecule has 0 aliphatic rings.